The van der Waals surface area contributed by atoms with E-state index in [1.165, 1.54) is 4.57 Å². The van der Waals surface area contributed by atoms with Crippen LogP contribution in [-0.4, -0.2) is 27.3 Å². The second-order valence-electron chi connectivity index (χ2n) is 5.12. The number of para-hydroxylation sites is 1. The maximum atomic E-state index is 13.0. The minimum absolute atomic E-state index is 0.175. The lowest BCUT2D eigenvalue weighted by Gasteiger charge is -2.14. The maximum Gasteiger partial charge on any atom is 0.404 e. The van der Waals surface area contributed by atoms with Crippen LogP contribution >= 0.6 is 15.9 Å². The van der Waals surface area contributed by atoms with E-state index in [1.807, 2.05) is 36.4 Å². The van der Waals surface area contributed by atoms with Crippen LogP contribution < -0.4 is 10.9 Å². The molecule has 0 saturated carbocycles. The van der Waals surface area contributed by atoms with Crippen LogP contribution in [0.1, 0.15) is 5.82 Å². The van der Waals surface area contributed by atoms with Gasteiger partial charge in [-0.15, -0.1) is 0 Å². The third-order valence-electron chi connectivity index (χ3n) is 3.56. The molecule has 0 radical (unpaired) electrons. The summed E-state index contributed by atoms with van der Waals surface area (Å²) in [5, 5.41) is 11.5. The van der Waals surface area contributed by atoms with E-state index in [0.717, 1.165) is 0 Å². The van der Waals surface area contributed by atoms with Crippen molar-refractivity contribution in [3.63, 3.8) is 0 Å². The smallest absolute Gasteiger partial charge is 0.404 e. The number of carbonyl (C=O) groups is 1. The SMILES string of the molecule is O=C(O)NCCc1nc2cccc(Br)c2c(=O)n1-c1ccccc1. The van der Waals surface area contributed by atoms with Gasteiger partial charge in [0.2, 0.25) is 0 Å². The molecular weight excluding hydrogens is 374 g/mol. The molecule has 1 amide bonds. The van der Waals surface area contributed by atoms with Gasteiger partial charge in [-0.3, -0.25) is 9.36 Å². The van der Waals surface area contributed by atoms with Gasteiger partial charge in [-0.25, -0.2) is 9.78 Å². The van der Waals surface area contributed by atoms with Crippen molar-refractivity contribution in [2.45, 2.75) is 6.42 Å². The molecule has 0 bridgehead atoms. The zero-order valence-corrected chi connectivity index (χ0v) is 14.2. The van der Waals surface area contributed by atoms with Gasteiger partial charge in [0.05, 0.1) is 16.6 Å². The molecule has 7 heteroatoms. The fourth-order valence-electron chi connectivity index (χ4n) is 2.53. The van der Waals surface area contributed by atoms with E-state index >= 15 is 0 Å². The monoisotopic (exact) mass is 387 g/mol. The zero-order valence-electron chi connectivity index (χ0n) is 12.6. The number of rotatable bonds is 4. The molecule has 2 aromatic carbocycles. The Morgan fingerprint density at radius 3 is 2.62 bits per heavy atom. The number of carboxylic acid groups (broad SMARTS) is 1. The predicted molar refractivity (Wildman–Crippen MR) is 94.8 cm³/mol. The fourth-order valence-corrected chi connectivity index (χ4v) is 3.05. The van der Waals surface area contributed by atoms with E-state index in [9.17, 15) is 9.59 Å². The van der Waals surface area contributed by atoms with Crippen LogP contribution in [0.3, 0.4) is 0 Å². The number of nitrogens with zero attached hydrogens (tertiary/aromatic N) is 2. The van der Waals surface area contributed by atoms with Gasteiger partial charge in [0, 0.05) is 17.4 Å². The van der Waals surface area contributed by atoms with E-state index in [-0.39, 0.29) is 12.1 Å². The molecule has 24 heavy (non-hydrogen) atoms. The molecule has 0 aliphatic carbocycles. The number of nitrogens with one attached hydrogen (secondary N) is 1. The third kappa shape index (κ3) is 3.16. The second kappa shape index (κ2) is 6.84. The molecule has 0 unspecified atom stereocenters. The highest BCUT2D eigenvalue weighted by molar-refractivity contribution is 9.10. The first-order valence-electron chi connectivity index (χ1n) is 7.30. The molecule has 2 N–H and O–H groups in total. The summed E-state index contributed by atoms with van der Waals surface area (Å²) in [6, 6.07) is 14.6. The number of fused-ring (bicyclic) bond motifs is 1. The molecule has 0 aliphatic heterocycles. The van der Waals surface area contributed by atoms with E-state index in [0.29, 0.717) is 33.3 Å². The van der Waals surface area contributed by atoms with Crippen molar-refractivity contribution < 1.29 is 9.90 Å². The minimum Gasteiger partial charge on any atom is -0.465 e. The van der Waals surface area contributed by atoms with Crippen LogP contribution in [0.15, 0.2) is 57.8 Å². The van der Waals surface area contributed by atoms with Crippen molar-refractivity contribution in [3.05, 3.63) is 69.2 Å². The number of benzene rings is 2. The maximum absolute atomic E-state index is 13.0. The third-order valence-corrected chi connectivity index (χ3v) is 4.22. The predicted octanol–water partition coefficient (Wildman–Crippen LogP) is 2.96. The van der Waals surface area contributed by atoms with E-state index < -0.39 is 6.09 Å². The van der Waals surface area contributed by atoms with Crippen molar-refractivity contribution >= 4 is 32.9 Å². The first-order valence-corrected chi connectivity index (χ1v) is 8.09. The second-order valence-corrected chi connectivity index (χ2v) is 5.97. The van der Waals surface area contributed by atoms with Crippen molar-refractivity contribution in [3.8, 4) is 5.69 Å². The largest absolute Gasteiger partial charge is 0.465 e. The van der Waals surface area contributed by atoms with E-state index in [4.69, 9.17) is 5.11 Å². The highest BCUT2D eigenvalue weighted by Crippen LogP contribution is 2.21. The van der Waals surface area contributed by atoms with Gasteiger partial charge in [0.15, 0.2) is 0 Å². The Kier molecular flexibility index (Phi) is 4.61. The molecular formula is C17H14BrN3O3. The Bertz CT molecular complexity index is 954. The van der Waals surface area contributed by atoms with Crippen LogP contribution in [0, 0.1) is 0 Å². The average Bonchev–Trinajstić information content (AvgIpc) is 2.55. The molecule has 122 valence electrons. The lowest BCUT2D eigenvalue weighted by atomic mass is 10.2. The number of aromatic nitrogens is 2. The molecule has 3 aromatic rings. The van der Waals surface area contributed by atoms with Gasteiger partial charge < -0.3 is 10.4 Å². The Morgan fingerprint density at radius 2 is 1.92 bits per heavy atom. The summed E-state index contributed by atoms with van der Waals surface area (Å²) in [4.78, 5) is 28.3. The van der Waals surface area contributed by atoms with Crippen molar-refractivity contribution in [1.82, 2.24) is 14.9 Å². The van der Waals surface area contributed by atoms with Crippen LogP contribution in [0.2, 0.25) is 0 Å². The highest BCUT2D eigenvalue weighted by atomic mass is 79.9. The summed E-state index contributed by atoms with van der Waals surface area (Å²) in [6.45, 7) is 0.175. The number of amides is 1. The molecule has 0 spiro atoms. The van der Waals surface area contributed by atoms with Gasteiger partial charge >= 0.3 is 6.09 Å². The summed E-state index contributed by atoms with van der Waals surface area (Å²) >= 11 is 3.41. The average molecular weight is 388 g/mol. The summed E-state index contributed by atoms with van der Waals surface area (Å²) in [7, 11) is 0. The highest BCUT2D eigenvalue weighted by Gasteiger charge is 2.14. The first-order chi connectivity index (χ1) is 11.6. The van der Waals surface area contributed by atoms with Crippen molar-refractivity contribution in [2.24, 2.45) is 0 Å². The normalized spacial score (nSPS) is 10.7. The topological polar surface area (TPSA) is 84.2 Å². The molecule has 1 heterocycles. The van der Waals surface area contributed by atoms with Gasteiger partial charge in [-0.2, -0.15) is 0 Å². The number of hydrogen-bond donors (Lipinski definition) is 2. The van der Waals surface area contributed by atoms with E-state index in [2.05, 4.69) is 26.2 Å². The van der Waals surface area contributed by atoms with E-state index in [1.54, 1.807) is 12.1 Å². The van der Waals surface area contributed by atoms with Crippen LogP contribution in [0.4, 0.5) is 4.79 Å². The van der Waals surface area contributed by atoms with Crippen LogP contribution in [-0.2, 0) is 6.42 Å². The summed E-state index contributed by atoms with van der Waals surface area (Å²) in [5.41, 5.74) is 1.08. The van der Waals surface area contributed by atoms with Crippen molar-refractivity contribution in [2.75, 3.05) is 6.54 Å². The standard InChI is InChI=1S/C17H14BrN3O3/c18-12-7-4-8-13-15(12)16(22)21(11-5-2-1-3-6-11)14(20-13)9-10-19-17(23)24/h1-8,19H,9-10H2,(H,23,24). The first kappa shape index (κ1) is 16.2. The summed E-state index contributed by atoms with van der Waals surface area (Å²) in [6.07, 6.45) is -0.800. The molecule has 0 saturated heterocycles. The van der Waals surface area contributed by atoms with Gasteiger partial charge in [-0.05, 0) is 40.2 Å². The Labute approximate surface area is 145 Å². The molecule has 3 rings (SSSR count). The quantitative estimate of drug-likeness (QED) is 0.720. The van der Waals surface area contributed by atoms with Gasteiger partial charge in [0.1, 0.15) is 5.82 Å². The lowest BCUT2D eigenvalue weighted by molar-refractivity contribution is 0.194. The molecule has 6 nitrogen and oxygen atoms in total. The Morgan fingerprint density at radius 1 is 1.17 bits per heavy atom. The fraction of sp³-hybridized carbons (Fsp3) is 0.118. The lowest BCUT2D eigenvalue weighted by Crippen LogP contribution is -2.29. The van der Waals surface area contributed by atoms with Crippen LogP contribution in [0.5, 0.6) is 0 Å². The summed E-state index contributed by atoms with van der Waals surface area (Å²) in [5.74, 6) is 0.505. The minimum atomic E-state index is -1.10. The molecule has 0 fully saturated rings. The van der Waals surface area contributed by atoms with Gasteiger partial charge in [0.25, 0.3) is 5.56 Å². The Hall–Kier alpha value is -2.67. The summed E-state index contributed by atoms with van der Waals surface area (Å²) < 4.78 is 2.20. The number of halogens is 1. The van der Waals surface area contributed by atoms with Crippen molar-refractivity contribution in [1.29, 1.82) is 0 Å². The number of hydrogen-bond acceptors (Lipinski definition) is 3. The molecule has 0 aliphatic rings. The van der Waals surface area contributed by atoms with Gasteiger partial charge in [-0.1, -0.05) is 24.3 Å². The van der Waals surface area contributed by atoms with Crippen LogP contribution in [0.25, 0.3) is 16.6 Å². The molecule has 1 aromatic heterocycles. The zero-order chi connectivity index (χ0) is 17.1. The molecule has 0 atom stereocenters. The Balaban J connectivity index is 2.21.